The van der Waals surface area contributed by atoms with Crippen molar-refractivity contribution in [3.05, 3.63) is 5.69 Å². The molecule has 0 aliphatic carbocycles. The van der Waals surface area contributed by atoms with Gasteiger partial charge in [0.05, 0.1) is 11.4 Å². The summed E-state index contributed by atoms with van der Waals surface area (Å²) in [7, 11) is 0. The maximum Gasteiger partial charge on any atom is 0.148 e. The second-order valence-electron chi connectivity index (χ2n) is 4.34. The summed E-state index contributed by atoms with van der Waals surface area (Å²) in [6.07, 6.45) is 1.07. The second-order valence-corrected chi connectivity index (χ2v) is 4.34. The molecule has 4 heteroatoms. The van der Waals surface area contributed by atoms with E-state index < -0.39 is 0 Å². The van der Waals surface area contributed by atoms with Gasteiger partial charge in [0.1, 0.15) is 5.82 Å². The van der Waals surface area contributed by atoms with Crippen molar-refractivity contribution in [3.8, 4) is 0 Å². The lowest BCUT2D eigenvalue weighted by Gasteiger charge is -2.17. The number of nitrogens with two attached hydrogens (primary N) is 1. The lowest BCUT2D eigenvalue weighted by Crippen LogP contribution is -2.18. The minimum Gasteiger partial charge on any atom is -0.394 e. The zero-order valence-corrected chi connectivity index (χ0v) is 10.3. The third-order valence-corrected chi connectivity index (χ3v) is 2.62. The number of nitrogens with one attached hydrogen (secondary N) is 1. The maximum absolute atomic E-state index is 6.00. The first-order valence-electron chi connectivity index (χ1n) is 5.58. The highest BCUT2D eigenvalue weighted by atomic mass is 15.4. The number of rotatable bonds is 4. The van der Waals surface area contributed by atoms with E-state index in [1.807, 2.05) is 11.6 Å². The Bertz CT molecular complexity index is 328. The number of aryl methyl sites for hydroxylation is 1. The summed E-state index contributed by atoms with van der Waals surface area (Å²) in [5, 5.41) is 7.83. The van der Waals surface area contributed by atoms with E-state index in [4.69, 9.17) is 5.73 Å². The molecular formula is C11H22N4. The van der Waals surface area contributed by atoms with Crippen LogP contribution in [-0.4, -0.2) is 15.8 Å². The number of nitrogen functional groups attached to an aromatic ring is 1. The molecule has 3 N–H and O–H groups in total. The van der Waals surface area contributed by atoms with E-state index in [1.165, 1.54) is 0 Å². The Morgan fingerprint density at radius 2 is 2.00 bits per heavy atom. The predicted molar refractivity (Wildman–Crippen MR) is 65.1 cm³/mol. The van der Waals surface area contributed by atoms with Crippen LogP contribution in [0.15, 0.2) is 0 Å². The minimum absolute atomic E-state index is 0.326. The van der Waals surface area contributed by atoms with Gasteiger partial charge in [-0.1, -0.05) is 6.92 Å². The van der Waals surface area contributed by atoms with Crippen LogP contribution in [0.25, 0.3) is 0 Å². The zero-order chi connectivity index (χ0) is 11.6. The van der Waals surface area contributed by atoms with Gasteiger partial charge in [-0.2, -0.15) is 5.10 Å². The summed E-state index contributed by atoms with van der Waals surface area (Å²) < 4.78 is 1.96. The van der Waals surface area contributed by atoms with Crippen molar-refractivity contribution in [1.82, 2.24) is 9.78 Å². The van der Waals surface area contributed by atoms with Crippen LogP contribution in [0.5, 0.6) is 0 Å². The first kappa shape index (κ1) is 11.9. The molecule has 0 radical (unpaired) electrons. The number of hydrogen-bond donors (Lipinski definition) is 2. The average Bonchev–Trinajstić information content (AvgIpc) is 2.46. The Hall–Kier alpha value is -1.19. The maximum atomic E-state index is 6.00. The van der Waals surface area contributed by atoms with Gasteiger partial charge in [0.15, 0.2) is 0 Å². The van der Waals surface area contributed by atoms with Crippen LogP contribution in [-0.2, 0) is 0 Å². The molecule has 1 rings (SSSR count). The molecule has 1 aromatic heterocycles. The molecule has 15 heavy (non-hydrogen) atoms. The molecule has 86 valence electrons. The lowest BCUT2D eigenvalue weighted by atomic mass is 10.2. The zero-order valence-electron chi connectivity index (χ0n) is 10.3. The molecule has 0 aliphatic heterocycles. The average molecular weight is 210 g/mol. The monoisotopic (exact) mass is 210 g/mol. The highest BCUT2D eigenvalue weighted by Gasteiger charge is 2.15. The van der Waals surface area contributed by atoms with E-state index >= 15 is 0 Å². The molecule has 0 fully saturated rings. The van der Waals surface area contributed by atoms with Gasteiger partial charge in [-0.05, 0) is 34.1 Å². The Balaban J connectivity index is 3.02. The standard InChI is InChI=1S/C11H22N4/c1-6-8(4)13-11-10(12)9(5)14-15(11)7(2)3/h7-8,13H,6,12H2,1-5H3. The fraction of sp³-hybridized carbons (Fsp3) is 0.727. The normalized spacial score (nSPS) is 13.2. The van der Waals surface area contributed by atoms with Crippen molar-refractivity contribution in [3.63, 3.8) is 0 Å². The third kappa shape index (κ3) is 2.43. The van der Waals surface area contributed by atoms with Gasteiger partial charge in [-0.15, -0.1) is 0 Å². The van der Waals surface area contributed by atoms with E-state index in [9.17, 15) is 0 Å². The fourth-order valence-electron chi connectivity index (χ4n) is 1.41. The molecule has 4 nitrogen and oxygen atoms in total. The van der Waals surface area contributed by atoms with Crippen LogP contribution >= 0.6 is 0 Å². The molecule has 1 atom stereocenters. The first-order chi connectivity index (χ1) is 6.97. The molecule has 0 saturated carbocycles. The summed E-state index contributed by atoms with van der Waals surface area (Å²) in [5.41, 5.74) is 7.66. The van der Waals surface area contributed by atoms with E-state index in [-0.39, 0.29) is 0 Å². The summed E-state index contributed by atoms with van der Waals surface area (Å²) in [6.45, 7) is 10.4. The van der Waals surface area contributed by atoms with E-state index in [2.05, 4.69) is 38.1 Å². The van der Waals surface area contributed by atoms with Crippen LogP contribution in [0.1, 0.15) is 45.9 Å². The highest BCUT2D eigenvalue weighted by Crippen LogP contribution is 2.26. The van der Waals surface area contributed by atoms with Gasteiger partial charge in [-0.3, -0.25) is 0 Å². The van der Waals surface area contributed by atoms with Crippen molar-refractivity contribution < 1.29 is 0 Å². The Labute approximate surface area is 91.8 Å². The third-order valence-electron chi connectivity index (χ3n) is 2.62. The fourth-order valence-corrected chi connectivity index (χ4v) is 1.41. The molecule has 0 bridgehead atoms. The van der Waals surface area contributed by atoms with Gasteiger partial charge in [0.25, 0.3) is 0 Å². The molecule has 0 amide bonds. The number of aromatic nitrogens is 2. The molecule has 1 aromatic rings. The van der Waals surface area contributed by atoms with Crippen LogP contribution in [0.4, 0.5) is 11.5 Å². The van der Waals surface area contributed by atoms with Crippen molar-refractivity contribution >= 4 is 11.5 Å². The van der Waals surface area contributed by atoms with Crippen molar-refractivity contribution in [2.75, 3.05) is 11.1 Å². The molecule has 0 aromatic carbocycles. The van der Waals surface area contributed by atoms with Crippen LogP contribution < -0.4 is 11.1 Å². The number of nitrogens with zero attached hydrogens (tertiary/aromatic N) is 2. The van der Waals surface area contributed by atoms with Gasteiger partial charge >= 0.3 is 0 Å². The topological polar surface area (TPSA) is 55.9 Å². The minimum atomic E-state index is 0.326. The van der Waals surface area contributed by atoms with E-state index in [0.29, 0.717) is 12.1 Å². The molecular weight excluding hydrogens is 188 g/mol. The van der Waals surface area contributed by atoms with Crippen molar-refractivity contribution in [2.45, 2.75) is 53.1 Å². The van der Waals surface area contributed by atoms with E-state index in [1.54, 1.807) is 0 Å². The van der Waals surface area contributed by atoms with Gasteiger partial charge in [0.2, 0.25) is 0 Å². The van der Waals surface area contributed by atoms with E-state index in [0.717, 1.165) is 23.6 Å². The predicted octanol–water partition coefficient (Wildman–Crippen LogP) is 2.57. The quantitative estimate of drug-likeness (QED) is 0.803. The van der Waals surface area contributed by atoms with Gasteiger partial charge in [0, 0.05) is 12.1 Å². The first-order valence-corrected chi connectivity index (χ1v) is 5.58. The molecule has 0 aliphatic rings. The highest BCUT2D eigenvalue weighted by molar-refractivity contribution is 5.65. The second kappa shape index (κ2) is 4.55. The number of anilines is 2. The Kier molecular flexibility index (Phi) is 3.61. The van der Waals surface area contributed by atoms with Gasteiger partial charge in [-0.25, -0.2) is 4.68 Å². The van der Waals surface area contributed by atoms with Crippen LogP contribution in [0.2, 0.25) is 0 Å². The van der Waals surface area contributed by atoms with Crippen LogP contribution in [0, 0.1) is 6.92 Å². The largest absolute Gasteiger partial charge is 0.394 e. The SMILES string of the molecule is CCC(C)Nc1c(N)c(C)nn1C(C)C. The Morgan fingerprint density at radius 3 is 2.47 bits per heavy atom. The Morgan fingerprint density at radius 1 is 1.40 bits per heavy atom. The van der Waals surface area contributed by atoms with Gasteiger partial charge < -0.3 is 11.1 Å². The smallest absolute Gasteiger partial charge is 0.148 e. The van der Waals surface area contributed by atoms with Crippen molar-refractivity contribution in [1.29, 1.82) is 0 Å². The summed E-state index contributed by atoms with van der Waals surface area (Å²) in [5.74, 6) is 0.955. The number of hydrogen-bond acceptors (Lipinski definition) is 3. The molecule has 1 unspecified atom stereocenters. The van der Waals surface area contributed by atoms with Crippen molar-refractivity contribution in [2.24, 2.45) is 0 Å². The summed E-state index contributed by atoms with van der Waals surface area (Å²) >= 11 is 0. The van der Waals surface area contributed by atoms with Crippen LogP contribution in [0.3, 0.4) is 0 Å². The molecule has 1 heterocycles. The summed E-state index contributed by atoms with van der Waals surface area (Å²) in [6, 6.07) is 0.744. The molecule has 0 saturated heterocycles. The summed E-state index contributed by atoms with van der Waals surface area (Å²) in [4.78, 5) is 0. The lowest BCUT2D eigenvalue weighted by molar-refractivity contribution is 0.530. The molecule has 0 spiro atoms.